The Morgan fingerprint density at radius 2 is 2.31 bits per heavy atom. The van der Waals surface area contributed by atoms with E-state index in [9.17, 15) is 18.9 Å². The van der Waals surface area contributed by atoms with Crippen molar-refractivity contribution >= 4 is 17.3 Å². The van der Waals surface area contributed by atoms with Gasteiger partial charge in [-0.3, -0.25) is 10.1 Å². The first-order chi connectivity index (χ1) is 7.52. The Morgan fingerprint density at radius 1 is 1.69 bits per heavy atom. The Hall–Kier alpha value is -1.50. The van der Waals surface area contributed by atoms with Crippen molar-refractivity contribution in [1.82, 2.24) is 4.98 Å². The van der Waals surface area contributed by atoms with Crippen molar-refractivity contribution in [3.05, 3.63) is 27.6 Å². The second-order valence-corrected chi connectivity index (χ2v) is 3.01. The van der Waals surface area contributed by atoms with Gasteiger partial charge in [0.05, 0.1) is 17.9 Å². The summed E-state index contributed by atoms with van der Waals surface area (Å²) < 4.78 is 29.7. The largest absolute Gasteiger partial charge is 0.490 e. The number of aromatic nitrogens is 1. The molecule has 0 amide bonds. The van der Waals surface area contributed by atoms with Crippen LogP contribution in [0, 0.1) is 10.1 Å². The molecule has 1 heterocycles. The molecule has 1 aromatic rings. The Balaban J connectivity index is 3.50. The quantitative estimate of drug-likeness (QED) is 0.469. The summed E-state index contributed by atoms with van der Waals surface area (Å²) in [6, 6.07) is 0. The highest BCUT2D eigenvalue weighted by atomic mass is 35.5. The van der Waals surface area contributed by atoms with Gasteiger partial charge < -0.3 is 4.74 Å². The molecule has 0 unspecified atom stereocenters. The molecule has 1 rings (SSSR count). The van der Waals surface area contributed by atoms with Crippen molar-refractivity contribution < 1.29 is 18.4 Å². The summed E-state index contributed by atoms with van der Waals surface area (Å²) in [4.78, 5) is 13.1. The van der Waals surface area contributed by atoms with Crippen molar-refractivity contribution in [1.29, 1.82) is 0 Å². The highest BCUT2D eigenvalue weighted by molar-refractivity contribution is 6.17. The van der Waals surface area contributed by atoms with Gasteiger partial charge in [0.1, 0.15) is 0 Å². The molecule has 0 atom stereocenters. The zero-order valence-corrected chi connectivity index (χ0v) is 8.87. The minimum atomic E-state index is -3.04. The van der Waals surface area contributed by atoms with Gasteiger partial charge in [0.25, 0.3) is 6.43 Å². The van der Waals surface area contributed by atoms with Crippen LogP contribution in [-0.4, -0.2) is 17.0 Å². The number of hydrogen-bond acceptors (Lipinski definition) is 4. The van der Waals surface area contributed by atoms with Gasteiger partial charge in [-0.1, -0.05) is 0 Å². The molecule has 0 fully saturated rings. The zero-order chi connectivity index (χ0) is 12.3. The van der Waals surface area contributed by atoms with Crippen molar-refractivity contribution in [3.63, 3.8) is 0 Å². The predicted octanol–water partition coefficient (Wildman–Crippen LogP) is 2.67. The van der Waals surface area contributed by atoms with Crippen LogP contribution < -0.4 is 4.74 Å². The number of ether oxygens (including phenoxy) is 1. The molecule has 0 radical (unpaired) electrons. The molecule has 0 aliphatic heterocycles. The molecular formula is C8H7ClF2N2O3. The molecular weight excluding hydrogens is 246 g/mol. The molecule has 0 N–H and O–H groups in total. The van der Waals surface area contributed by atoms with Gasteiger partial charge >= 0.3 is 5.69 Å². The molecule has 0 saturated carbocycles. The topological polar surface area (TPSA) is 65.3 Å². The number of hydrogen-bond donors (Lipinski definition) is 0. The Morgan fingerprint density at radius 3 is 2.69 bits per heavy atom. The van der Waals surface area contributed by atoms with Crippen LogP contribution in [0.1, 0.15) is 17.7 Å². The van der Waals surface area contributed by atoms with E-state index in [0.29, 0.717) is 0 Å². The van der Waals surface area contributed by atoms with Crippen LogP contribution in [0.5, 0.6) is 5.75 Å². The summed E-state index contributed by atoms with van der Waals surface area (Å²) in [5, 5.41) is 10.7. The van der Waals surface area contributed by atoms with Gasteiger partial charge in [0, 0.05) is 11.8 Å². The average molecular weight is 253 g/mol. The molecule has 0 spiro atoms. The number of pyridine rings is 1. The summed E-state index contributed by atoms with van der Waals surface area (Å²) in [6.45, 7) is 0. The number of rotatable bonds is 4. The van der Waals surface area contributed by atoms with E-state index in [2.05, 4.69) is 4.98 Å². The maximum Gasteiger partial charge on any atom is 0.338 e. The second-order valence-electron chi connectivity index (χ2n) is 2.74. The zero-order valence-electron chi connectivity index (χ0n) is 8.11. The predicted molar refractivity (Wildman–Crippen MR) is 52.0 cm³/mol. The van der Waals surface area contributed by atoms with E-state index in [1.165, 1.54) is 0 Å². The summed E-state index contributed by atoms with van der Waals surface area (Å²) in [5.41, 5.74) is -1.56. The Labute approximate surface area is 94.1 Å². The van der Waals surface area contributed by atoms with Crippen LogP contribution in [0.4, 0.5) is 14.5 Å². The third kappa shape index (κ3) is 2.19. The van der Waals surface area contributed by atoms with E-state index in [4.69, 9.17) is 16.3 Å². The third-order valence-electron chi connectivity index (χ3n) is 1.85. The minimum absolute atomic E-state index is 0.111. The normalized spacial score (nSPS) is 10.6. The number of halogens is 3. The molecule has 0 aromatic carbocycles. The van der Waals surface area contributed by atoms with Gasteiger partial charge in [0.15, 0.2) is 5.69 Å². The molecule has 1 aromatic heterocycles. The smallest absolute Gasteiger partial charge is 0.338 e. The van der Waals surface area contributed by atoms with E-state index in [0.717, 1.165) is 13.3 Å². The molecule has 0 aliphatic rings. The summed E-state index contributed by atoms with van der Waals surface area (Å²) >= 11 is 5.49. The molecule has 0 aliphatic carbocycles. The first-order valence-electron chi connectivity index (χ1n) is 4.07. The fraction of sp³-hybridized carbons (Fsp3) is 0.375. The van der Waals surface area contributed by atoms with E-state index >= 15 is 0 Å². The van der Waals surface area contributed by atoms with Crippen LogP contribution in [0.3, 0.4) is 0 Å². The van der Waals surface area contributed by atoms with Gasteiger partial charge in [-0.15, -0.1) is 11.6 Å². The summed E-state index contributed by atoms with van der Waals surface area (Å²) in [7, 11) is 1.15. The summed E-state index contributed by atoms with van der Waals surface area (Å²) in [6.07, 6.45) is -2.00. The second kappa shape index (κ2) is 5.02. The maximum absolute atomic E-state index is 12.5. The first kappa shape index (κ1) is 12.6. The number of nitro groups is 1. The van der Waals surface area contributed by atoms with Crippen LogP contribution in [0.15, 0.2) is 6.20 Å². The average Bonchev–Trinajstić information content (AvgIpc) is 2.26. The fourth-order valence-corrected chi connectivity index (χ4v) is 1.39. The van der Waals surface area contributed by atoms with Crippen LogP contribution in [-0.2, 0) is 5.88 Å². The van der Waals surface area contributed by atoms with Gasteiger partial charge in [-0.05, 0) is 0 Å². The molecule has 5 nitrogen and oxygen atoms in total. The number of methoxy groups -OCH3 is 1. The maximum atomic E-state index is 12.5. The van der Waals surface area contributed by atoms with E-state index in [1.54, 1.807) is 0 Å². The number of nitrogens with zero attached hydrogens (tertiary/aromatic N) is 2. The minimum Gasteiger partial charge on any atom is -0.490 e. The van der Waals surface area contributed by atoms with Crippen LogP contribution in [0.2, 0.25) is 0 Å². The highest BCUT2D eigenvalue weighted by Gasteiger charge is 2.30. The molecule has 8 heteroatoms. The first-order valence-corrected chi connectivity index (χ1v) is 4.60. The molecule has 16 heavy (non-hydrogen) atoms. The van der Waals surface area contributed by atoms with Crippen molar-refractivity contribution in [2.75, 3.05) is 7.11 Å². The lowest BCUT2D eigenvalue weighted by atomic mass is 10.2. The Bertz CT molecular complexity index is 415. The van der Waals surface area contributed by atoms with E-state index in [1.807, 2.05) is 0 Å². The number of alkyl halides is 3. The van der Waals surface area contributed by atoms with Crippen molar-refractivity contribution in [3.8, 4) is 5.75 Å². The van der Waals surface area contributed by atoms with Gasteiger partial charge in [-0.25, -0.2) is 13.8 Å². The SMILES string of the molecule is COc1c(CCl)cnc(C(F)F)c1[N+](=O)[O-]. The molecule has 0 saturated heterocycles. The van der Waals surface area contributed by atoms with Crippen LogP contribution in [0.25, 0.3) is 0 Å². The van der Waals surface area contributed by atoms with Crippen LogP contribution >= 0.6 is 11.6 Å². The van der Waals surface area contributed by atoms with Gasteiger partial charge in [-0.2, -0.15) is 0 Å². The summed E-state index contributed by atoms with van der Waals surface area (Å²) in [5.74, 6) is -0.383. The molecule has 88 valence electrons. The van der Waals surface area contributed by atoms with Gasteiger partial charge in [0.2, 0.25) is 5.75 Å². The Kier molecular flexibility index (Phi) is 3.94. The van der Waals surface area contributed by atoms with Crippen molar-refractivity contribution in [2.45, 2.75) is 12.3 Å². The highest BCUT2D eigenvalue weighted by Crippen LogP contribution is 2.37. The van der Waals surface area contributed by atoms with Crippen molar-refractivity contribution in [2.24, 2.45) is 0 Å². The van der Waals surface area contributed by atoms with E-state index in [-0.39, 0.29) is 17.2 Å². The monoisotopic (exact) mass is 252 g/mol. The lowest BCUT2D eigenvalue weighted by molar-refractivity contribution is -0.387. The third-order valence-corrected chi connectivity index (χ3v) is 2.13. The molecule has 0 bridgehead atoms. The standard InChI is InChI=1S/C8H7ClF2N2O3/c1-16-7-4(2-9)3-12-5(8(10)11)6(7)13(14)15/h3,8H,2H2,1H3. The lowest BCUT2D eigenvalue weighted by Gasteiger charge is -2.08. The fourth-order valence-electron chi connectivity index (χ4n) is 1.19. The lowest BCUT2D eigenvalue weighted by Crippen LogP contribution is -2.04. The van der Waals surface area contributed by atoms with E-state index < -0.39 is 22.7 Å².